The third-order valence-electron chi connectivity index (χ3n) is 3.11. The number of thiophene rings is 1. The maximum atomic E-state index is 12.3. The van der Waals surface area contributed by atoms with Gasteiger partial charge in [0.1, 0.15) is 0 Å². The summed E-state index contributed by atoms with van der Waals surface area (Å²) in [5, 5.41) is 11.4. The molecular formula is C14H16N2O4S. The van der Waals surface area contributed by atoms with Crippen LogP contribution in [0.2, 0.25) is 0 Å². The molecule has 6 nitrogen and oxygen atoms in total. The Morgan fingerprint density at radius 1 is 1.43 bits per heavy atom. The van der Waals surface area contributed by atoms with Crippen LogP contribution in [0.3, 0.4) is 0 Å². The number of carbonyl (C=O) groups excluding carboxylic acids is 2. The maximum Gasteiger partial charge on any atom is 0.328 e. The standard InChI is InChI=1S/C14H16N2O4S/c1-9(17)15-10-6-7-16(8-10)14(20)12-4-2-11(21-12)3-5-13(18)19/h2-5,10H,6-8H2,1H3,(H,15,17)(H,18,19)/b5-3+. The van der Waals surface area contributed by atoms with Crippen LogP contribution in [0.5, 0.6) is 0 Å². The van der Waals surface area contributed by atoms with Crippen LogP contribution < -0.4 is 5.32 Å². The van der Waals surface area contributed by atoms with Crippen molar-refractivity contribution in [3.05, 3.63) is 28.0 Å². The lowest BCUT2D eigenvalue weighted by molar-refractivity contribution is -0.131. The Morgan fingerprint density at radius 2 is 2.19 bits per heavy atom. The SMILES string of the molecule is CC(=O)NC1CCN(C(=O)c2ccc(/C=C/C(=O)O)s2)C1. The van der Waals surface area contributed by atoms with E-state index in [2.05, 4.69) is 5.32 Å². The van der Waals surface area contributed by atoms with E-state index in [4.69, 9.17) is 5.11 Å². The highest BCUT2D eigenvalue weighted by molar-refractivity contribution is 7.14. The molecule has 0 saturated carbocycles. The zero-order valence-corrected chi connectivity index (χ0v) is 12.4. The highest BCUT2D eigenvalue weighted by Gasteiger charge is 2.27. The number of carbonyl (C=O) groups is 3. The van der Waals surface area contributed by atoms with Crippen molar-refractivity contribution in [2.24, 2.45) is 0 Å². The fourth-order valence-electron chi connectivity index (χ4n) is 2.22. The second kappa shape index (κ2) is 6.53. The predicted molar refractivity (Wildman–Crippen MR) is 79.1 cm³/mol. The monoisotopic (exact) mass is 308 g/mol. The van der Waals surface area contributed by atoms with Crippen molar-refractivity contribution in [2.45, 2.75) is 19.4 Å². The third-order valence-corrected chi connectivity index (χ3v) is 4.15. The number of carboxylic acids is 1. The summed E-state index contributed by atoms with van der Waals surface area (Å²) in [4.78, 5) is 36.8. The largest absolute Gasteiger partial charge is 0.478 e. The summed E-state index contributed by atoms with van der Waals surface area (Å²) in [5.41, 5.74) is 0. The van der Waals surface area contributed by atoms with Gasteiger partial charge in [0.2, 0.25) is 5.91 Å². The molecule has 1 atom stereocenters. The Morgan fingerprint density at radius 3 is 2.86 bits per heavy atom. The highest BCUT2D eigenvalue weighted by Crippen LogP contribution is 2.22. The van der Waals surface area contributed by atoms with E-state index in [-0.39, 0.29) is 17.9 Å². The van der Waals surface area contributed by atoms with Crippen molar-refractivity contribution >= 4 is 35.2 Å². The summed E-state index contributed by atoms with van der Waals surface area (Å²) in [7, 11) is 0. The number of amides is 2. The summed E-state index contributed by atoms with van der Waals surface area (Å²) in [5.74, 6) is -1.19. The molecule has 1 aromatic heterocycles. The number of nitrogens with zero attached hydrogens (tertiary/aromatic N) is 1. The summed E-state index contributed by atoms with van der Waals surface area (Å²) >= 11 is 1.26. The van der Waals surface area contributed by atoms with Crippen LogP contribution in [-0.2, 0) is 9.59 Å². The molecule has 1 aliphatic rings. The van der Waals surface area contributed by atoms with E-state index in [1.165, 1.54) is 24.3 Å². The number of likely N-dealkylation sites (tertiary alicyclic amines) is 1. The number of nitrogens with one attached hydrogen (secondary N) is 1. The molecule has 2 heterocycles. The molecule has 21 heavy (non-hydrogen) atoms. The van der Waals surface area contributed by atoms with E-state index in [0.717, 1.165) is 17.4 Å². The van der Waals surface area contributed by atoms with Crippen molar-refractivity contribution in [1.82, 2.24) is 10.2 Å². The first-order valence-corrected chi connectivity index (χ1v) is 7.34. The molecule has 0 spiro atoms. The lowest BCUT2D eigenvalue weighted by Crippen LogP contribution is -2.37. The maximum absolute atomic E-state index is 12.3. The fourth-order valence-corrected chi connectivity index (χ4v) is 3.10. The molecule has 2 rings (SSSR count). The van der Waals surface area contributed by atoms with Crippen LogP contribution in [0.4, 0.5) is 0 Å². The zero-order valence-electron chi connectivity index (χ0n) is 11.5. The van der Waals surface area contributed by atoms with Gasteiger partial charge in [0.25, 0.3) is 5.91 Å². The van der Waals surface area contributed by atoms with Crippen molar-refractivity contribution in [3.8, 4) is 0 Å². The molecule has 112 valence electrons. The normalized spacial score (nSPS) is 18.1. The zero-order chi connectivity index (χ0) is 15.4. The molecule has 1 unspecified atom stereocenters. The van der Waals surface area contributed by atoms with Crippen LogP contribution in [0.1, 0.15) is 27.9 Å². The first kappa shape index (κ1) is 15.2. The molecule has 0 aliphatic carbocycles. The van der Waals surface area contributed by atoms with E-state index in [9.17, 15) is 14.4 Å². The molecular weight excluding hydrogens is 292 g/mol. The summed E-state index contributed by atoms with van der Waals surface area (Å²) < 4.78 is 0. The lowest BCUT2D eigenvalue weighted by Gasteiger charge is -2.15. The van der Waals surface area contributed by atoms with Crippen molar-refractivity contribution < 1.29 is 19.5 Å². The highest BCUT2D eigenvalue weighted by atomic mass is 32.1. The molecule has 0 aromatic carbocycles. The van der Waals surface area contributed by atoms with E-state index in [0.29, 0.717) is 18.0 Å². The van der Waals surface area contributed by atoms with Gasteiger partial charge in [-0.3, -0.25) is 9.59 Å². The Balaban J connectivity index is 1.98. The first-order chi connectivity index (χ1) is 9.95. The van der Waals surface area contributed by atoms with Gasteiger partial charge < -0.3 is 15.3 Å². The van der Waals surface area contributed by atoms with Crippen molar-refractivity contribution in [1.29, 1.82) is 0 Å². The van der Waals surface area contributed by atoms with Gasteiger partial charge in [0.15, 0.2) is 0 Å². The van der Waals surface area contributed by atoms with Crippen LogP contribution in [-0.4, -0.2) is 46.9 Å². The van der Waals surface area contributed by atoms with Crippen LogP contribution in [0.25, 0.3) is 6.08 Å². The molecule has 2 amide bonds. The number of hydrogen-bond donors (Lipinski definition) is 2. The second-order valence-electron chi connectivity index (χ2n) is 4.81. The minimum absolute atomic E-state index is 0.0118. The number of hydrogen-bond acceptors (Lipinski definition) is 4. The molecule has 1 aliphatic heterocycles. The lowest BCUT2D eigenvalue weighted by atomic mass is 10.2. The Hall–Kier alpha value is -2.15. The van der Waals surface area contributed by atoms with Crippen molar-refractivity contribution in [3.63, 3.8) is 0 Å². The molecule has 7 heteroatoms. The molecule has 1 aromatic rings. The smallest absolute Gasteiger partial charge is 0.328 e. The van der Waals surface area contributed by atoms with E-state index >= 15 is 0 Å². The minimum Gasteiger partial charge on any atom is -0.478 e. The number of carboxylic acid groups (broad SMARTS) is 1. The molecule has 0 bridgehead atoms. The average molecular weight is 308 g/mol. The molecule has 2 N–H and O–H groups in total. The number of rotatable bonds is 4. The number of aliphatic carboxylic acids is 1. The summed E-state index contributed by atoms with van der Waals surface area (Å²) in [6.45, 7) is 2.59. The van der Waals surface area contributed by atoms with E-state index in [1.807, 2.05) is 0 Å². The van der Waals surface area contributed by atoms with Gasteiger partial charge in [0.05, 0.1) is 4.88 Å². The Bertz CT molecular complexity index is 594. The van der Waals surface area contributed by atoms with Gasteiger partial charge in [-0.2, -0.15) is 0 Å². The third kappa shape index (κ3) is 4.16. The van der Waals surface area contributed by atoms with Gasteiger partial charge in [-0.25, -0.2) is 4.79 Å². The Labute approximate surface area is 126 Å². The van der Waals surface area contributed by atoms with Gasteiger partial charge in [0, 0.05) is 37.0 Å². The van der Waals surface area contributed by atoms with Gasteiger partial charge >= 0.3 is 5.97 Å². The van der Waals surface area contributed by atoms with Crippen molar-refractivity contribution in [2.75, 3.05) is 13.1 Å². The topological polar surface area (TPSA) is 86.7 Å². The predicted octanol–water partition coefficient (Wildman–Crippen LogP) is 1.20. The fraction of sp³-hybridized carbons (Fsp3) is 0.357. The van der Waals surface area contributed by atoms with Gasteiger partial charge in [-0.1, -0.05) is 0 Å². The van der Waals surface area contributed by atoms with Gasteiger partial charge in [-0.15, -0.1) is 11.3 Å². The molecule has 1 fully saturated rings. The second-order valence-corrected chi connectivity index (χ2v) is 5.93. The Kier molecular flexibility index (Phi) is 4.74. The summed E-state index contributed by atoms with van der Waals surface area (Å²) in [6, 6.07) is 3.43. The minimum atomic E-state index is -1.02. The molecule has 0 radical (unpaired) electrons. The first-order valence-electron chi connectivity index (χ1n) is 6.53. The van der Waals surface area contributed by atoms with Crippen LogP contribution >= 0.6 is 11.3 Å². The van der Waals surface area contributed by atoms with Crippen LogP contribution in [0.15, 0.2) is 18.2 Å². The van der Waals surface area contributed by atoms with E-state index < -0.39 is 5.97 Å². The molecule has 1 saturated heterocycles. The average Bonchev–Trinajstić information content (AvgIpc) is 3.03. The quantitative estimate of drug-likeness (QED) is 0.818. The van der Waals surface area contributed by atoms with E-state index in [1.54, 1.807) is 17.0 Å². The van der Waals surface area contributed by atoms with Crippen LogP contribution in [0, 0.1) is 0 Å². The van der Waals surface area contributed by atoms with Gasteiger partial charge in [-0.05, 0) is 24.6 Å². The summed E-state index contributed by atoms with van der Waals surface area (Å²) in [6.07, 6.45) is 3.26.